The Bertz CT molecular complexity index is 579. The van der Waals surface area contributed by atoms with Crippen molar-refractivity contribution in [3.05, 3.63) is 17.5 Å². The monoisotopic (exact) mass is 361 g/mol. The van der Waals surface area contributed by atoms with E-state index in [-0.39, 0.29) is 12.1 Å². The van der Waals surface area contributed by atoms with Gasteiger partial charge in [-0.2, -0.15) is 18.3 Å². The van der Waals surface area contributed by atoms with Gasteiger partial charge in [-0.15, -0.1) is 0 Å². The summed E-state index contributed by atoms with van der Waals surface area (Å²) < 4.78 is 45.5. The van der Waals surface area contributed by atoms with Gasteiger partial charge in [-0.05, 0) is 25.2 Å². The SMILES string of the molecule is CN=C(NCc1cn(C)nc1C(F)(F)F)N(C)CCC1CCOCC1. The Labute approximate surface area is 146 Å². The van der Waals surface area contributed by atoms with E-state index in [1.54, 1.807) is 7.05 Å². The number of nitrogens with one attached hydrogen (secondary N) is 1. The topological polar surface area (TPSA) is 54.7 Å². The predicted molar refractivity (Wildman–Crippen MR) is 89.2 cm³/mol. The van der Waals surface area contributed by atoms with Gasteiger partial charge in [0.1, 0.15) is 0 Å². The highest BCUT2D eigenvalue weighted by Gasteiger charge is 2.36. The summed E-state index contributed by atoms with van der Waals surface area (Å²) in [5, 5.41) is 6.51. The molecule has 0 bridgehead atoms. The Morgan fingerprint density at radius 3 is 2.72 bits per heavy atom. The fourth-order valence-corrected chi connectivity index (χ4v) is 2.98. The molecule has 0 aliphatic carbocycles. The van der Waals surface area contributed by atoms with Crippen molar-refractivity contribution in [1.82, 2.24) is 20.0 Å². The largest absolute Gasteiger partial charge is 0.435 e. The van der Waals surface area contributed by atoms with Crippen LogP contribution < -0.4 is 5.32 Å². The average molecular weight is 361 g/mol. The Hall–Kier alpha value is -1.77. The van der Waals surface area contributed by atoms with Crippen LogP contribution in [0.3, 0.4) is 0 Å². The van der Waals surface area contributed by atoms with E-state index < -0.39 is 11.9 Å². The molecular weight excluding hydrogens is 335 g/mol. The zero-order chi connectivity index (χ0) is 18.4. The van der Waals surface area contributed by atoms with E-state index in [2.05, 4.69) is 15.4 Å². The number of hydrogen-bond acceptors (Lipinski definition) is 3. The third-order valence-corrected chi connectivity index (χ3v) is 4.40. The number of aliphatic imine (C=N–C) groups is 1. The van der Waals surface area contributed by atoms with Crippen LogP contribution in [0.1, 0.15) is 30.5 Å². The highest BCUT2D eigenvalue weighted by Crippen LogP contribution is 2.30. The van der Waals surface area contributed by atoms with Gasteiger partial charge in [0.15, 0.2) is 11.7 Å². The Morgan fingerprint density at radius 1 is 1.44 bits per heavy atom. The molecule has 1 aliphatic rings. The first-order valence-corrected chi connectivity index (χ1v) is 8.40. The van der Waals surface area contributed by atoms with Crippen LogP contribution in [0.4, 0.5) is 13.2 Å². The molecule has 1 aromatic rings. The number of aromatic nitrogens is 2. The van der Waals surface area contributed by atoms with Crippen LogP contribution in [0.5, 0.6) is 0 Å². The van der Waals surface area contributed by atoms with E-state index in [4.69, 9.17) is 4.74 Å². The molecule has 0 saturated carbocycles. The molecule has 25 heavy (non-hydrogen) atoms. The Balaban J connectivity index is 1.89. The molecule has 1 aliphatic heterocycles. The van der Waals surface area contributed by atoms with Gasteiger partial charge in [-0.25, -0.2) is 0 Å². The van der Waals surface area contributed by atoms with Crippen molar-refractivity contribution in [2.24, 2.45) is 18.0 Å². The molecule has 0 atom stereocenters. The molecule has 1 saturated heterocycles. The van der Waals surface area contributed by atoms with Crippen molar-refractivity contribution in [3.63, 3.8) is 0 Å². The van der Waals surface area contributed by atoms with Crippen LogP contribution in [-0.4, -0.2) is 54.5 Å². The highest BCUT2D eigenvalue weighted by atomic mass is 19.4. The Kier molecular flexibility index (Phi) is 6.69. The van der Waals surface area contributed by atoms with Gasteiger partial charge in [0.25, 0.3) is 0 Å². The third kappa shape index (κ3) is 5.62. The average Bonchev–Trinajstić information content (AvgIpc) is 2.95. The second kappa shape index (κ2) is 8.55. The molecule has 0 amide bonds. The molecule has 2 heterocycles. The van der Waals surface area contributed by atoms with Crippen LogP contribution in [0.25, 0.3) is 0 Å². The fraction of sp³-hybridized carbons (Fsp3) is 0.750. The van der Waals surface area contributed by atoms with E-state index in [1.165, 1.54) is 17.9 Å². The molecular formula is C16H26F3N5O. The summed E-state index contributed by atoms with van der Waals surface area (Å²) in [4.78, 5) is 6.11. The van der Waals surface area contributed by atoms with Gasteiger partial charge in [0, 0.05) is 59.2 Å². The molecule has 1 N–H and O–H groups in total. The Morgan fingerprint density at radius 2 is 2.12 bits per heavy atom. The molecule has 0 aromatic carbocycles. The first-order valence-electron chi connectivity index (χ1n) is 8.40. The first-order chi connectivity index (χ1) is 11.8. The van der Waals surface area contributed by atoms with Crippen molar-refractivity contribution in [3.8, 4) is 0 Å². The van der Waals surface area contributed by atoms with Crippen molar-refractivity contribution in [2.45, 2.75) is 32.0 Å². The number of rotatable bonds is 5. The summed E-state index contributed by atoms with van der Waals surface area (Å²) >= 11 is 0. The molecule has 6 nitrogen and oxygen atoms in total. The maximum atomic E-state index is 13.0. The minimum absolute atomic E-state index is 0.0248. The molecule has 2 rings (SSSR count). The summed E-state index contributed by atoms with van der Waals surface area (Å²) in [5.41, 5.74) is -0.753. The van der Waals surface area contributed by atoms with Gasteiger partial charge in [-0.1, -0.05) is 0 Å². The highest BCUT2D eigenvalue weighted by molar-refractivity contribution is 5.79. The van der Waals surface area contributed by atoms with Gasteiger partial charge in [0.05, 0.1) is 0 Å². The standard InChI is InChI=1S/C16H26F3N5O/c1-20-15(23(2)7-4-12-5-8-25-9-6-12)21-10-13-11-24(3)22-14(13)16(17,18)19/h11-12H,4-10H2,1-3H3,(H,20,21). The molecule has 0 spiro atoms. The number of guanidine groups is 1. The number of nitrogens with zero attached hydrogens (tertiary/aromatic N) is 4. The van der Waals surface area contributed by atoms with Crippen molar-refractivity contribution >= 4 is 5.96 Å². The van der Waals surface area contributed by atoms with Crippen LogP contribution in [0.2, 0.25) is 0 Å². The molecule has 9 heteroatoms. The lowest BCUT2D eigenvalue weighted by Crippen LogP contribution is -2.39. The summed E-state index contributed by atoms with van der Waals surface area (Å²) in [6.45, 7) is 2.44. The number of halogens is 3. The van der Waals surface area contributed by atoms with Crippen molar-refractivity contribution in [2.75, 3.05) is 33.9 Å². The smallest absolute Gasteiger partial charge is 0.381 e. The van der Waals surface area contributed by atoms with E-state index in [1.807, 2.05) is 11.9 Å². The number of hydrogen-bond donors (Lipinski definition) is 1. The second-order valence-corrected chi connectivity index (χ2v) is 6.34. The molecule has 0 unspecified atom stereocenters. The number of ether oxygens (including phenoxy) is 1. The van der Waals surface area contributed by atoms with E-state index >= 15 is 0 Å². The van der Waals surface area contributed by atoms with Gasteiger partial charge < -0.3 is 15.0 Å². The zero-order valence-electron chi connectivity index (χ0n) is 14.9. The lowest BCUT2D eigenvalue weighted by molar-refractivity contribution is -0.142. The number of aryl methyl sites for hydroxylation is 1. The van der Waals surface area contributed by atoms with E-state index in [0.717, 1.165) is 39.0 Å². The van der Waals surface area contributed by atoms with E-state index in [0.29, 0.717) is 11.9 Å². The summed E-state index contributed by atoms with van der Waals surface area (Å²) in [7, 11) is 5.00. The maximum absolute atomic E-state index is 13.0. The van der Waals surface area contributed by atoms with Crippen LogP contribution >= 0.6 is 0 Å². The minimum atomic E-state index is -4.46. The quantitative estimate of drug-likeness (QED) is 0.646. The minimum Gasteiger partial charge on any atom is -0.381 e. The lowest BCUT2D eigenvalue weighted by atomic mass is 9.96. The van der Waals surface area contributed by atoms with Gasteiger partial charge in [-0.3, -0.25) is 9.67 Å². The zero-order valence-corrected chi connectivity index (χ0v) is 14.9. The summed E-state index contributed by atoms with van der Waals surface area (Å²) in [6.07, 6.45) is 0.0537. The maximum Gasteiger partial charge on any atom is 0.435 e. The number of alkyl halides is 3. The van der Waals surface area contributed by atoms with E-state index in [9.17, 15) is 13.2 Å². The molecule has 1 fully saturated rings. The molecule has 0 radical (unpaired) electrons. The van der Waals surface area contributed by atoms with Gasteiger partial charge in [0.2, 0.25) is 0 Å². The molecule has 142 valence electrons. The van der Waals surface area contributed by atoms with Crippen LogP contribution in [0, 0.1) is 5.92 Å². The summed E-state index contributed by atoms with van der Waals surface area (Å²) in [6, 6.07) is 0. The van der Waals surface area contributed by atoms with Gasteiger partial charge >= 0.3 is 6.18 Å². The third-order valence-electron chi connectivity index (χ3n) is 4.40. The first kappa shape index (κ1) is 19.6. The fourth-order valence-electron chi connectivity index (χ4n) is 2.98. The van der Waals surface area contributed by atoms with Crippen LogP contribution in [-0.2, 0) is 24.5 Å². The normalized spacial score (nSPS) is 17.0. The lowest BCUT2D eigenvalue weighted by Gasteiger charge is -2.26. The van der Waals surface area contributed by atoms with Crippen molar-refractivity contribution in [1.29, 1.82) is 0 Å². The predicted octanol–water partition coefficient (Wildman–Crippen LogP) is 2.26. The molecule has 1 aromatic heterocycles. The van der Waals surface area contributed by atoms with Crippen molar-refractivity contribution < 1.29 is 17.9 Å². The summed E-state index contributed by atoms with van der Waals surface area (Å²) in [5.74, 6) is 1.20. The second-order valence-electron chi connectivity index (χ2n) is 6.34. The van der Waals surface area contributed by atoms with Crippen LogP contribution in [0.15, 0.2) is 11.2 Å².